The molecule has 0 saturated carbocycles. The van der Waals surface area contributed by atoms with Crippen LogP contribution in [0.5, 0.6) is 0 Å². The molecule has 1 aromatic carbocycles. The molecule has 0 radical (unpaired) electrons. The number of sulfonamides is 1. The summed E-state index contributed by atoms with van der Waals surface area (Å²) in [6.07, 6.45) is -1.03. The molecule has 0 aliphatic rings. The summed E-state index contributed by atoms with van der Waals surface area (Å²) in [4.78, 5) is 21.0. The van der Waals surface area contributed by atoms with E-state index in [0.717, 1.165) is 12.1 Å². The quantitative estimate of drug-likeness (QED) is 0.612. The number of aromatic carboxylic acids is 1. The standard InChI is InChI=1S/C10H10BrClN2O6S/c11-7-4-5(3-6(8(7)12)9(15)16)21(18,19)14-1-2-20-10(13)17/h3-4,14H,1-2H2,(H2,13,17)(H,15,16). The molecule has 0 atom stereocenters. The molecule has 1 amide bonds. The first-order valence-corrected chi connectivity index (χ1v) is 7.95. The van der Waals surface area contributed by atoms with Crippen molar-refractivity contribution < 1.29 is 27.9 Å². The number of carbonyl (C=O) groups excluding carboxylic acids is 1. The van der Waals surface area contributed by atoms with Crippen LogP contribution in [0, 0.1) is 0 Å². The van der Waals surface area contributed by atoms with Crippen molar-refractivity contribution in [3.8, 4) is 0 Å². The average Bonchev–Trinajstić information content (AvgIpc) is 2.37. The average molecular weight is 402 g/mol. The van der Waals surface area contributed by atoms with Crippen LogP contribution in [0.2, 0.25) is 5.02 Å². The monoisotopic (exact) mass is 400 g/mol. The topological polar surface area (TPSA) is 136 Å². The maximum absolute atomic E-state index is 12.0. The van der Waals surface area contributed by atoms with Crippen molar-refractivity contribution in [2.75, 3.05) is 13.2 Å². The second kappa shape index (κ2) is 7.07. The number of nitrogens with one attached hydrogen (secondary N) is 1. The number of rotatable bonds is 6. The molecule has 0 bridgehead atoms. The fourth-order valence-corrected chi connectivity index (χ4v) is 3.15. The van der Waals surface area contributed by atoms with Crippen LogP contribution in [-0.2, 0) is 14.8 Å². The summed E-state index contributed by atoms with van der Waals surface area (Å²) in [7, 11) is -3.99. The predicted octanol–water partition coefficient (Wildman–Crippen LogP) is 1.17. The van der Waals surface area contributed by atoms with E-state index in [4.69, 9.17) is 22.4 Å². The Kier molecular flexibility index (Phi) is 5.96. The number of ether oxygens (including phenoxy) is 1. The van der Waals surface area contributed by atoms with Crippen molar-refractivity contribution in [1.82, 2.24) is 4.72 Å². The minimum Gasteiger partial charge on any atom is -0.478 e. The second-order valence-electron chi connectivity index (χ2n) is 3.64. The van der Waals surface area contributed by atoms with Gasteiger partial charge in [-0.25, -0.2) is 22.7 Å². The summed E-state index contributed by atoms with van der Waals surface area (Å²) in [5, 5.41) is 8.85. The molecule has 8 nitrogen and oxygen atoms in total. The molecule has 0 fully saturated rings. The Morgan fingerprint density at radius 1 is 1.43 bits per heavy atom. The van der Waals surface area contributed by atoms with Crippen molar-refractivity contribution in [3.05, 3.63) is 27.2 Å². The van der Waals surface area contributed by atoms with E-state index in [1.807, 2.05) is 0 Å². The summed E-state index contributed by atoms with van der Waals surface area (Å²) in [6.45, 7) is -0.469. The van der Waals surface area contributed by atoms with Gasteiger partial charge in [0.25, 0.3) is 0 Å². The first-order chi connectivity index (χ1) is 9.65. The van der Waals surface area contributed by atoms with Gasteiger partial charge in [0, 0.05) is 11.0 Å². The number of halogens is 2. The van der Waals surface area contributed by atoms with Crippen molar-refractivity contribution in [3.63, 3.8) is 0 Å². The number of nitrogens with two attached hydrogens (primary N) is 1. The first-order valence-electron chi connectivity index (χ1n) is 5.29. The largest absolute Gasteiger partial charge is 0.478 e. The lowest BCUT2D eigenvalue weighted by Crippen LogP contribution is -2.29. The van der Waals surface area contributed by atoms with Crippen LogP contribution in [0.15, 0.2) is 21.5 Å². The summed E-state index contributed by atoms with van der Waals surface area (Å²) in [5.41, 5.74) is 4.36. The fourth-order valence-electron chi connectivity index (χ4n) is 1.29. The van der Waals surface area contributed by atoms with Gasteiger partial charge in [-0.3, -0.25) is 0 Å². The number of amides is 1. The van der Waals surface area contributed by atoms with Crippen LogP contribution in [0.3, 0.4) is 0 Å². The molecule has 4 N–H and O–H groups in total. The highest BCUT2D eigenvalue weighted by atomic mass is 79.9. The van der Waals surface area contributed by atoms with E-state index >= 15 is 0 Å². The molecule has 0 saturated heterocycles. The van der Waals surface area contributed by atoms with Gasteiger partial charge in [0.2, 0.25) is 10.0 Å². The Labute approximate surface area is 133 Å². The summed E-state index contributed by atoms with van der Waals surface area (Å²) in [5.74, 6) is -1.37. The Hall–Kier alpha value is -1.36. The fraction of sp³-hybridized carbons (Fsp3) is 0.200. The van der Waals surface area contributed by atoms with E-state index in [9.17, 15) is 18.0 Å². The third kappa shape index (κ3) is 4.84. The lowest BCUT2D eigenvalue weighted by atomic mass is 10.2. The van der Waals surface area contributed by atoms with Gasteiger partial charge < -0.3 is 15.6 Å². The minimum absolute atomic E-state index is 0.112. The van der Waals surface area contributed by atoms with Gasteiger partial charge in [0.1, 0.15) is 6.61 Å². The van der Waals surface area contributed by atoms with Gasteiger partial charge in [-0.1, -0.05) is 11.6 Å². The highest BCUT2D eigenvalue weighted by Crippen LogP contribution is 2.29. The number of carboxylic acid groups (broad SMARTS) is 1. The maximum atomic E-state index is 12.0. The number of hydrogen-bond donors (Lipinski definition) is 3. The number of primary amides is 1. The van der Waals surface area contributed by atoms with Crippen LogP contribution < -0.4 is 10.5 Å². The van der Waals surface area contributed by atoms with E-state index < -0.39 is 22.1 Å². The minimum atomic E-state index is -3.99. The molecular weight excluding hydrogens is 392 g/mol. The Morgan fingerprint density at radius 3 is 2.57 bits per heavy atom. The van der Waals surface area contributed by atoms with Crippen LogP contribution in [0.1, 0.15) is 10.4 Å². The van der Waals surface area contributed by atoms with Crippen LogP contribution in [0.25, 0.3) is 0 Å². The number of carbonyl (C=O) groups is 2. The van der Waals surface area contributed by atoms with E-state index in [1.165, 1.54) is 0 Å². The third-order valence-electron chi connectivity index (χ3n) is 2.18. The molecule has 21 heavy (non-hydrogen) atoms. The van der Waals surface area contributed by atoms with Crippen molar-refractivity contribution in [2.45, 2.75) is 4.90 Å². The molecule has 1 rings (SSSR count). The zero-order valence-electron chi connectivity index (χ0n) is 10.3. The maximum Gasteiger partial charge on any atom is 0.404 e. The molecule has 0 aliphatic carbocycles. The number of carboxylic acids is 1. The summed E-state index contributed by atoms with van der Waals surface area (Å²) < 4.78 is 30.6. The Bertz CT molecular complexity index is 678. The molecular formula is C10H10BrClN2O6S. The molecule has 11 heteroatoms. The molecule has 0 aliphatic heterocycles. The van der Waals surface area contributed by atoms with E-state index in [0.29, 0.717) is 0 Å². The van der Waals surface area contributed by atoms with Gasteiger partial charge in [-0.2, -0.15) is 0 Å². The SMILES string of the molecule is NC(=O)OCCNS(=O)(=O)c1cc(Br)c(Cl)c(C(=O)O)c1. The van der Waals surface area contributed by atoms with Gasteiger partial charge >= 0.3 is 12.1 Å². The van der Waals surface area contributed by atoms with Crippen molar-refractivity contribution in [1.29, 1.82) is 0 Å². The molecule has 1 aromatic rings. The predicted molar refractivity (Wildman–Crippen MR) is 76.8 cm³/mol. The van der Waals surface area contributed by atoms with Gasteiger partial charge in [-0.15, -0.1) is 0 Å². The first kappa shape index (κ1) is 17.7. The lowest BCUT2D eigenvalue weighted by molar-refractivity contribution is 0.0696. The number of benzene rings is 1. The van der Waals surface area contributed by atoms with Gasteiger partial charge in [-0.05, 0) is 28.1 Å². The highest BCUT2D eigenvalue weighted by molar-refractivity contribution is 9.10. The Morgan fingerprint density at radius 2 is 2.05 bits per heavy atom. The van der Waals surface area contributed by atoms with E-state index in [1.54, 1.807) is 0 Å². The Balaban J connectivity index is 2.98. The van der Waals surface area contributed by atoms with Crippen molar-refractivity contribution in [2.24, 2.45) is 5.73 Å². The van der Waals surface area contributed by atoms with Crippen LogP contribution >= 0.6 is 27.5 Å². The highest BCUT2D eigenvalue weighted by Gasteiger charge is 2.20. The summed E-state index contributed by atoms with van der Waals surface area (Å²) in [6, 6.07) is 2.08. The molecule has 116 valence electrons. The third-order valence-corrected chi connectivity index (χ3v) is 4.88. The number of hydrogen-bond acceptors (Lipinski definition) is 5. The van der Waals surface area contributed by atoms with E-state index in [2.05, 4.69) is 25.4 Å². The van der Waals surface area contributed by atoms with Crippen LogP contribution in [0.4, 0.5) is 4.79 Å². The van der Waals surface area contributed by atoms with E-state index in [-0.39, 0.29) is 33.1 Å². The van der Waals surface area contributed by atoms with Gasteiger partial charge in [0.05, 0.1) is 15.5 Å². The lowest BCUT2D eigenvalue weighted by Gasteiger charge is -2.09. The normalized spacial score (nSPS) is 11.1. The molecule has 0 unspecified atom stereocenters. The smallest absolute Gasteiger partial charge is 0.404 e. The van der Waals surface area contributed by atoms with Crippen molar-refractivity contribution >= 4 is 49.6 Å². The zero-order chi connectivity index (χ0) is 16.2. The zero-order valence-corrected chi connectivity index (χ0v) is 13.5. The second-order valence-corrected chi connectivity index (χ2v) is 6.64. The van der Waals surface area contributed by atoms with Gasteiger partial charge in [0.15, 0.2) is 0 Å². The molecule has 0 spiro atoms. The summed E-state index contributed by atoms with van der Waals surface area (Å²) >= 11 is 8.74. The molecule has 0 aromatic heterocycles. The van der Waals surface area contributed by atoms with Crippen LogP contribution in [-0.4, -0.2) is 38.7 Å². The molecule has 0 heterocycles.